The molecular formula is C25H23N5OS. The van der Waals surface area contributed by atoms with Crippen molar-refractivity contribution >= 4 is 17.3 Å². The quantitative estimate of drug-likeness (QED) is 0.446. The molecule has 160 valence electrons. The van der Waals surface area contributed by atoms with Gasteiger partial charge in [-0.25, -0.2) is 0 Å². The fourth-order valence-corrected chi connectivity index (χ4v) is 4.50. The Bertz CT molecular complexity index is 1210. The van der Waals surface area contributed by atoms with Gasteiger partial charge in [0.1, 0.15) is 5.75 Å². The van der Waals surface area contributed by atoms with E-state index in [1.54, 1.807) is 7.11 Å². The topological polar surface area (TPSA) is 55.2 Å². The zero-order valence-electron chi connectivity index (χ0n) is 17.6. The average molecular weight is 442 g/mol. The molecule has 0 saturated carbocycles. The van der Waals surface area contributed by atoms with Crippen molar-refractivity contribution in [1.82, 2.24) is 24.8 Å². The lowest BCUT2D eigenvalue weighted by atomic mass is 10.0. The Balaban J connectivity index is 1.60. The number of thiocarbonyl (C=S) groups is 1. The normalized spacial score (nSPS) is 17.9. The molecule has 0 spiro atoms. The summed E-state index contributed by atoms with van der Waals surface area (Å²) in [4.78, 5) is 11.4. The number of nitrogens with zero attached hydrogens (tertiary/aromatic N) is 4. The summed E-state index contributed by atoms with van der Waals surface area (Å²) in [6, 6.07) is 24.0. The van der Waals surface area contributed by atoms with E-state index in [2.05, 4.69) is 49.1 Å². The van der Waals surface area contributed by atoms with Crippen LogP contribution in [0.4, 0.5) is 0 Å². The van der Waals surface area contributed by atoms with Crippen molar-refractivity contribution in [2.24, 2.45) is 0 Å². The molecule has 0 radical (unpaired) electrons. The Morgan fingerprint density at radius 1 is 0.969 bits per heavy atom. The maximum absolute atomic E-state index is 5.80. The minimum atomic E-state index is -0.0910. The highest BCUT2D eigenvalue weighted by Gasteiger charge is 2.41. The SMILES string of the molecule is COc1cccc(-n2cccc2[C@@H]2[C@@H](c3ccccn3)NC(=S)N2Cc2ccccn2)c1. The van der Waals surface area contributed by atoms with Crippen LogP contribution in [0.1, 0.15) is 29.2 Å². The summed E-state index contributed by atoms with van der Waals surface area (Å²) in [7, 11) is 1.68. The van der Waals surface area contributed by atoms with Crippen molar-refractivity contribution in [3.05, 3.63) is 108 Å². The summed E-state index contributed by atoms with van der Waals surface area (Å²) < 4.78 is 7.64. The van der Waals surface area contributed by atoms with Crippen LogP contribution in [0.5, 0.6) is 5.75 Å². The fourth-order valence-electron chi connectivity index (χ4n) is 4.19. The second-order valence-corrected chi connectivity index (χ2v) is 7.97. The van der Waals surface area contributed by atoms with Crippen molar-refractivity contribution in [2.75, 3.05) is 7.11 Å². The maximum atomic E-state index is 5.80. The number of nitrogens with one attached hydrogen (secondary N) is 1. The van der Waals surface area contributed by atoms with Crippen LogP contribution in [0, 0.1) is 0 Å². The molecule has 0 amide bonds. The van der Waals surface area contributed by atoms with Gasteiger partial charge in [0.25, 0.3) is 0 Å². The molecule has 3 aromatic heterocycles. The summed E-state index contributed by atoms with van der Waals surface area (Å²) in [5.74, 6) is 0.814. The van der Waals surface area contributed by atoms with E-state index in [0.717, 1.165) is 28.5 Å². The van der Waals surface area contributed by atoms with Crippen LogP contribution < -0.4 is 10.1 Å². The van der Waals surface area contributed by atoms with Crippen molar-refractivity contribution in [1.29, 1.82) is 0 Å². The molecule has 5 rings (SSSR count). The molecule has 1 N–H and O–H groups in total. The molecule has 1 saturated heterocycles. The average Bonchev–Trinajstić information content (AvgIpc) is 3.45. The molecule has 1 fully saturated rings. The third kappa shape index (κ3) is 3.83. The number of hydrogen-bond donors (Lipinski definition) is 1. The van der Waals surface area contributed by atoms with Gasteiger partial charge in [-0.2, -0.15) is 0 Å². The van der Waals surface area contributed by atoms with Crippen molar-refractivity contribution in [3.63, 3.8) is 0 Å². The summed E-state index contributed by atoms with van der Waals surface area (Å²) in [5, 5.41) is 4.20. The Hall–Kier alpha value is -3.71. The Kier molecular flexibility index (Phi) is 5.56. The minimum absolute atomic E-state index is 0.0689. The number of methoxy groups -OCH3 is 1. The first-order valence-electron chi connectivity index (χ1n) is 10.4. The summed E-state index contributed by atoms with van der Waals surface area (Å²) in [5.41, 5.74) is 4.04. The smallest absolute Gasteiger partial charge is 0.170 e. The Morgan fingerprint density at radius 3 is 2.56 bits per heavy atom. The van der Waals surface area contributed by atoms with Gasteiger partial charge in [0.15, 0.2) is 5.11 Å². The summed E-state index contributed by atoms with van der Waals surface area (Å²) in [6.07, 6.45) is 5.70. The van der Waals surface area contributed by atoms with Gasteiger partial charge in [-0.15, -0.1) is 0 Å². The highest BCUT2D eigenvalue weighted by atomic mass is 32.1. The van der Waals surface area contributed by atoms with E-state index in [1.165, 1.54) is 0 Å². The second-order valence-electron chi connectivity index (χ2n) is 7.58. The van der Waals surface area contributed by atoms with Crippen LogP contribution in [-0.2, 0) is 6.54 Å². The van der Waals surface area contributed by atoms with Crippen LogP contribution in [0.2, 0.25) is 0 Å². The van der Waals surface area contributed by atoms with Crippen LogP contribution in [0.3, 0.4) is 0 Å². The molecule has 1 aliphatic heterocycles. The van der Waals surface area contributed by atoms with E-state index in [-0.39, 0.29) is 12.1 Å². The first-order chi connectivity index (χ1) is 15.7. The number of ether oxygens (including phenoxy) is 1. The van der Waals surface area contributed by atoms with Gasteiger partial charge in [0, 0.05) is 36.0 Å². The number of hydrogen-bond acceptors (Lipinski definition) is 4. The van der Waals surface area contributed by atoms with E-state index in [4.69, 9.17) is 17.0 Å². The molecule has 6 nitrogen and oxygen atoms in total. The number of pyridine rings is 2. The van der Waals surface area contributed by atoms with Gasteiger partial charge in [0.05, 0.1) is 37.1 Å². The van der Waals surface area contributed by atoms with Gasteiger partial charge in [-0.1, -0.05) is 18.2 Å². The van der Waals surface area contributed by atoms with Crippen molar-refractivity contribution in [3.8, 4) is 11.4 Å². The molecule has 32 heavy (non-hydrogen) atoms. The fraction of sp³-hybridized carbons (Fsp3) is 0.160. The number of benzene rings is 1. The minimum Gasteiger partial charge on any atom is -0.497 e. The van der Waals surface area contributed by atoms with E-state index in [0.29, 0.717) is 11.7 Å². The summed E-state index contributed by atoms with van der Waals surface area (Å²) >= 11 is 5.80. The lowest BCUT2D eigenvalue weighted by Crippen LogP contribution is -2.30. The van der Waals surface area contributed by atoms with Gasteiger partial charge in [-0.05, 0) is 60.7 Å². The Labute approximate surface area is 192 Å². The molecule has 0 unspecified atom stereocenters. The monoisotopic (exact) mass is 441 g/mol. The van der Waals surface area contributed by atoms with Gasteiger partial charge < -0.3 is 19.5 Å². The molecule has 4 heterocycles. The lowest BCUT2D eigenvalue weighted by Gasteiger charge is -2.28. The lowest BCUT2D eigenvalue weighted by molar-refractivity contribution is 0.299. The molecule has 1 aromatic carbocycles. The predicted molar refractivity (Wildman–Crippen MR) is 128 cm³/mol. The molecule has 7 heteroatoms. The number of rotatable bonds is 6. The largest absolute Gasteiger partial charge is 0.497 e. The molecule has 0 bridgehead atoms. The molecule has 4 aromatic rings. The zero-order chi connectivity index (χ0) is 21.9. The third-order valence-electron chi connectivity index (χ3n) is 5.67. The zero-order valence-corrected chi connectivity index (χ0v) is 18.4. The van der Waals surface area contributed by atoms with Gasteiger partial charge >= 0.3 is 0 Å². The van der Waals surface area contributed by atoms with Crippen LogP contribution in [0.15, 0.2) is 91.4 Å². The second kappa shape index (κ2) is 8.80. The molecule has 2 atom stereocenters. The van der Waals surface area contributed by atoms with E-state index < -0.39 is 0 Å². The Morgan fingerprint density at radius 2 is 1.81 bits per heavy atom. The van der Waals surface area contributed by atoms with Crippen LogP contribution in [-0.4, -0.2) is 31.7 Å². The van der Waals surface area contributed by atoms with E-state index in [1.807, 2.05) is 67.0 Å². The van der Waals surface area contributed by atoms with Crippen LogP contribution in [0.25, 0.3) is 5.69 Å². The van der Waals surface area contributed by atoms with Gasteiger partial charge in [-0.3, -0.25) is 9.97 Å². The molecule has 0 aliphatic carbocycles. The summed E-state index contributed by atoms with van der Waals surface area (Å²) in [6.45, 7) is 0.601. The first kappa shape index (κ1) is 20.2. The standard InChI is InChI=1S/C25H23N5OS/c1-31-20-10-6-9-19(16-20)29-15-7-12-22(29)24-23(21-11-3-5-14-27-21)28-25(32)30(24)17-18-8-2-4-13-26-18/h2-16,23-24H,17H2,1H3,(H,28,32)/t23-,24-/m1/s1. The highest BCUT2D eigenvalue weighted by Crippen LogP contribution is 2.40. The van der Waals surface area contributed by atoms with Crippen LogP contribution >= 0.6 is 12.2 Å². The van der Waals surface area contributed by atoms with Crippen molar-refractivity contribution in [2.45, 2.75) is 18.6 Å². The van der Waals surface area contributed by atoms with E-state index >= 15 is 0 Å². The van der Waals surface area contributed by atoms with E-state index in [9.17, 15) is 0 Å². The third-order valence-corrected chi connectivity index (χ3v) is 6.02. The van der Waals surface area contributed by atoms with Gasteiger partial charge in [0.2, 0.25) is 0 Å². The molecule has 1 aliphatic rings. The highest BCUT2D eigenvalue weighted by molar-refractivity contribution is 7.80. The molecular weight excluding hydrogens is 418 g/mol. The predicted octanol–water partition coefficient (Wildman–Crippen LogP) is 4.45. The number of aromatic nitrogens is 3. The van der Waals surface area contributed by atoms with Crippen molar-refractivity contribution < 1.29 is 4.74 Å². The maximum Gasteiger partial charge on any atom is 0.170 e. The first-order valence-corrected chi connectivity index (χ1v) is 10.8.